The Kier molecular flexibility index (Phi) is 8.93. The summed E-state index contributed by atoms with van der Waals surface area (Å²) in [6.45, 7) is 8.30. The van der Waals surface area contributed by atoms with Crippen LogP contribution in [0.2, 0.25) is 0 Å². The molecule has 3 nitrogen and oxygen atoms in total. The Morgan fingerprint density at radius 2 is 1.89 bits per heavy atom. The molecule has 102 valence electrons. The van der Waals surface area contributed by atoms with Crippen LogP contribution in [0.3, 0.4) is 0 Å². The fourth-order valence-corrected chi connectivity index (χ4v) is 1.76. The van der Waals surface area contributed by atoms with Crippen molar-refractivity contribution in [1.29, 1.82) is 0 Å². The Bertz CT molecular complexity index is 362. The summed E-state index contributed by atoms with van der Waals surface area (Å²) in [5.41, 5.74) is 8.78. The Morgan fingerprint density at radius 3 is 2.44 bits per heavy atom. The predicted octanol–water partition coefficient (Wildman–Crippen LogP) is 3.26. The number of benzene rings is 1. The highest BCUT2D eigenvalue weighted by molar-refractivity contribution is 5.88. The molecule has 0 radical (unpaired) electrons. The molecule has 0 unspecified atom stereocenters. The summed E-state index contributed by atoms with van der Waals surface area (Å²) in [5.74, 6) is -0.0292. The molecular weight excluding hydrogens is 224 g/mol. The summed E-state index contributed by atoms with van der Waals surface area (Å²) >= 11 is 0. The minimum absolute atomic E-state index is 0.0292. The highest BCUT2D eigenvalue weighted by atomic mass is 16.1. The van der Waals surface area contributed by atoms with E-state index < -0.39 is 0 Å². The van der Waals surface area contributed by atoms with E-state index in [0.29, 0.717) is 0 Å². The third-order valence-electron chi connectivity index (χ3n) is 2.38. The van der Waals surface area contributed by atoms with Crippen LogP contribution >= 0.6 is 0 Å². The second-order valence-electron chi connectivity index (χ2n) is 4.13. The molecule has 18 heavy (non-hydrogen) atoms. The highest BCUT2D eigenvalue weighted by Gasteiger charge is 2.00. The maximum atomic E-state index is 11.0. The number of nitrogens with two attached hydrogens (primary N) is 1. The Balaban J connectivity index is 0.00000137. The second-order valence-corrected chi connectivity index (χ2v) is 4.13. The molecule has 0 saturated carbocycles. The van der Waals surface area contributed by atoms with E-state index in [-0.39, 0.29) is 5.91 Å². The van der Waals surface area contributed by atoms with Crippen molar-refractivity contribution in [3.05, 3.63) is 29.3 Å². The van der Waals surface area contributed by atoms with Gasteiger partial charge in [0.2, 0.25) is 5.91 Å². The zero-order valence-corrected chi connectivity index (χ0v) is 12.0. The molecule has 0 heterocycles. The van der Waals surface area contributed by atoms with Gasteiger partial charge in [0.05, 0.1) is 0 Å². The van der Waals surface area contributed by atoms with Gasteiger partial charge in [-0.25, -0.2) is 0 Å². The first kappa shape index (κ1) is 16.6. The van der Waals surface area contributed by atoms with E-state index in [1.54, 1.807) is 0 Å². The minimum Gasteiger partial charge on any atom is -0.330 e. The van der Waals surface area contributed by atoms with Crippen LogP contribution < -0.4 is 11.1 Å². The van der Waals surface area contributed by atoms with E-state index in [2.05, 4.69) is 11.4 Å². The van der Waals surface area contributed by atoms with Gasteiger partial charge in [-0.3, -0.25) is 4.79 Å². The monoisotopic (exact) mass is 250 g/mol. The van der Waals surface area contributed by atoms with E-state index in [4.69, 9.17) is 5.73 Å². The lowest BCUT2D eigenvalue weighted by atomic mass is 10.0. The molecule has 1 rings (SSSR count). The molecule has 0 aliphatic rings. The molecular formula is C15H26N2O. The van der Waals surface area contributed by atoms with Crippen LogP contribution in [0.15, 0.2) is 18.2 Å². The smallest absolute Gasteiger partial charge is 0.221 e. The van der Waals surface area contributed by atoms with Gasteiger partial charge in [0.15, 0.2) is 0 Å². The van der Waals surface area contributed by atoms with E-state index >= 15 is 0 Å². The summed E-state index contributed by atoms with van der Waals surface area (Å²) in [6, 6.07) is 6.17. The average Bonchev–Trinajstić information content (AvgIpc) is 2.30. The van der Waals surface area contributed by atoms with E-state index in [1.165, 1.54) is 18.1 Å². The fourth-order valence-electron chi connectivity index (χ4n) is 1.76. The molecule has 0 fully saturated rings. The van der Waals surface area contributed by atoms with Gasteiger partial charge < -0.3 is 11.1 Å². The molecule has 1 amide bonds. The number of carbonyl (C=O) groups excluding carboxylic acids is 1. The fraction of sp³-hybridized carbons (Fsp3) is 0.533. The zero-order chi connectivity index (χ0) is 14.0. The van der Waals surface area contributed by atoms with Crippen LogP contribution in [0.5, 0.6) is 0 Å². The van der Waals surface area contributed by atoms with E-state index in [0.717, 1.165) is 31.5 Å². The van der Waals surface area contributed by atoms with Gasteiger partial charge in [0.25, 0.3) is 0 Å². The molecule has 3 N–H and O–H groups in total. The van der Waals surface area contributed by atoms with Gasteiger partial charge in [0.1, 0.15) is 0 Å². The number of amides is 1. The summed E-state index contributed by atoms with van der Waals surface area (Å²) < 4.78 is 0. The topological polar surface area (TPSA) is 55.1 Å². The van der Waals surface area contributed by atoms with Crippen molar-refractivity contribution in [2.24, 2.45) is 5.73 Å². The Hall–Kier alpha value is -1.35. The van der Waals surface area contributed by atoms with Crippen molar-refractivity contribution >= 4 is 11.6 Å². The number of hydrogen-bond acceptors (Lipinski definition) is 2. The molecule has 0 atom stereocenters. The van der Waals surface area contributed by atoms with Crippen LogP contribution in [0.4, 0.5) is 5.69 Å². The molecule has 0 saturated heterocycles. The van der Waals surface area contributed by atoms with Gasteiger partial charge in [-0.1, -0.05) is 19.9 Å². The van der Waals surface area contributed by atoms with Gasteiger partial charge in [-0.2, -0.15) is 0 Å². The molecule has 3 heteroatoms. The highest BCUT2D eigenvalue weighted by Crippen LogP contribution is 2.16. The van der Waals surface area contributed by atoms with Crippen LogP contribution in [-0.4, -0.2) is 12.5 Å². The Morgan fingerprint density at radius 1 is 1.22 bits per heavy atom. The Labute approximate surface area is 111 Å². The third-order valence-corrected chi connectivity index (χ3v) is 2.38. The molecule has 1 aromatic rings. The quantitative estimate of drug-likeness (QED) is 0.788. The first-order valence-corrected chi connectivity index (χ1v) is 6.70. The van der Waals surface area contributed by atoms with Crippen molar-refractivity contribution in [2.75, 3.05) is 11.9 Å². The van der Waals surface area contributed by atoms with Crippen molar-refractivity contribution in [1.82, 2.24) is 0 Å². The lowest BCUT2D eigenvalue weighted by Crippen LogP contribution is -2.06. The van der Waals surface area contributed by atoms with Crippen molar-refractivity contribution < 1.29 is 4.79 Å². The van der Waals surface area contributed by atoms with E-state index in [9.17, 15) is 4.79 Å². The predicted molar refractivity (Wildman–Crippen MR) is 78.8 cm³/mol. The third kappa shape index (κ3) is 7.07. The number of rotatable bonds is 5. The normalized spacial score (nSPS) is 9.39. The molecule has 0 aliphatic carbocycles. The van der Waals surface area contributed by atoms with Gasteiger partial charge >= 0.3 is 0 Å². The summed E-state index contributed by atoms with van der Waals surface area (Å²) in [4.78, 5) is 11.0. The van der Waals surface area contributed by atoms with Crippen molar-refractivity contribution in [3.63, 3.8) is 0 Å². The standard InChI is InChI=1S/C13H20N2O.C2H6/c1-10-7-12(5-3-4-6-14)9-13(8-10)15-11(2)16;1-2/h7-9H,3-6,14H2,1-2H3,(H,15,16);1-2H3. The minimum atomic E-state index is -0.0292. The number of carbonyl (C=O) groups is 1. The number of hydrogen-bond donors (Lipinski definition) is 2. The number of unbranched alkanes of at least 4 members (excludes halogenated alkanes) is 1. The largest absolute Gasteiger partial charge is 0.330 e. The van der Waals surface area contributed by atoms with Crippen LogP contribution in [-0.2, 0) is 11.2 Å². The molecule has 0 aliphatic heterocycles. The van der Waals surface area contributed by atoms with Crippen molar-refractivity contribution in [3.8, 4) is 0 Å². The number of aryl methyl sites for hydroxylation is 2. The molecule has 1 aromatic carbocycles. The zero-order valence-electron chi connectivity index (χ0n) is 12.0. The van der Waals surface area contributed by atoms with Crippen LogP contribution in [0.25, 0.3) is 0 Å². The van der Waals surface area contributed by atoms with Crippen LogP contribution in [0.1, 0.15) is 44.7 Å². The summed E-state index contributed by atoms with van der Waals surface area (Å²) in [5, 5.41) is 2.81. The average molecular weight is 250 g/mol. The first-order valence-electron chi connectivity index (χ1n) is 6.70. The maximum Gasteiger partial charge on any atom is 0.221 e. The number of nitrogens with one attached hydrogen (secondary N) is 1. The van der Waals surface area contributed by atoms with E-state index in [1.807, 2.05) is 32.9 Å². The molecule has 0 bridgehead atoms. The SMILES string of the molecule is CC.CC(=O)Nc1cc(C)cc(CCCCN)c1. The molecule has 0 aromatic heterocycles. The van der Waals surface area contributed by atoms with Crippen LogP contribution in [0, 0.1) is 6.92 Å². The lowest BCUT2D eigenvalue weighted by molar-refractivity contribution is -0.114. The van der Waals surface area contributed by atoms with Gasteiger partial charge in [-0.05, 0) is 56.0 Å². The lowest BCUT2D eigenvalue weighted by Gasteiger charge is -2.07. The van der Waals surface area contributed by atoms with Crippen molar-refractivity contribution in [2.45, 2.75) is 47.0 Å². The summed E-state index contributed by atoms with van der Waals surface area (Å²) in [6.07, 6.45) is 3.16. The number of anilines is 1. The van der Waals surface area contributed by atoms with Gasteiger partial charge in [0, 0.05) is 12.6 Å². The second kappa shape index (κ2) is 9.66. The molecule has 0 spiro atoms. The van der Waals surface area contributed by atoms with Gasteiger partial charge in [-0.15, -0.1) is 0 Å². The maximum absolute atomic E-state index is 11.0. The summed E-state index contributed by atoms with van der Waals surface area (Å²) in [7, 11) is 0. The first-order chi connectivity index (χ1) is 8.61.